The van der Waals surface area contributed by atoms with E-state index in [2.05, 4.69) is 36.4 Å². The van der Waals surface area contributed by atoms with Crippen molar-refractivity contribution in [1.29, 1.82) is 0 Å². The molecule has 2 amide bonds. The summed E-state index contributed by atoms with van der Waals surface area (Å²) in [7, 11) is 0. The molecule has 30 heavy (non-hydrogen) atoms. The quantitative estimate of drug-likeness (QED) is 0.533. The number of ether oxygens (including phenoxy) is 1. The Morgan fingerprint density at radius 1 is 1.00 bits per heavy atom. The summed E-state index contributed by atoms with van der Waals surface area (Å²) in [6, 6.07) is 17.1. The van der Waals surface area contributed by atoms with Crippen molar-refractivity contribution in [3.63, 3.8) is 0 Å². The molecule has 1 aromatic heterocycles. The smallest absolute Gasteiger partial charge is 0.413 e. The summed E-state index contributed by atoms with van der Waals surface area (Å²) in [5.74, 6) is -0.237. The molecule has 0 atom stereocenters. The van der Waals surface area contributed by atoms with Crippen LogP contribution in [0, 0.1) is 0 Å². The molecule has 3 rings (SSSR count). The molecule has 0 aliphatic heterocycles. The molecule has 7 heteroatoms. The number of carbonyl (C=O) groups is 2. The Morgan fingerprint density at radius 3 is 2.27 bits per heavy atom. The lowest BCUT2D eigenvalue weighted by Gasteiger charge is -2.19. The van der Waals surface area contributed by atoms with Crippen molar-refractivity contribution < 1.29 is 14.3 Å². The van der Waals surface area contributed by atoms with Gasteiger partial charge in [0.05, 0.1) is 6.61 Å². The van der Waals surface area contributed by atoms with Crippen molar-refractivity contribution in [2.45, 2.75) is 33.1 Å². The molecule has 156 valence electrons. The summed E-state index contributed by atoms with van der Waals surface area (Å²) in [5, 5.41) is 6.45. The molecule has 0 spiro atoms. The summed E-state index contributed by atoms with van der Waals surface area (Å²) in [6.45, 7) is 8.38. The van der Waals surface area contributed by atoms with Gasteiger partial charge in [-0.05, 0) is 30.0 Å². The summed E-state index contributed by atoms with van der Waals surface area (Å²) >= 11 is 1.18. The Balaban J connectivity index is 1.87. The number of hydrogen-bond donors (Lipinski definition) is 2. The van der Waals surface area contributed by atoms with Crippen molar-refractivity contribution in [2.75, 3.05) is 17.2 Å². The number of nitrogens with one attached hydrogen (secondary N) is 2. The maximum Gasteiger partial charge on any atom is 0.413 e. The van der Waals surface area contributed by atoms with E-state index < -0.39 is 6.09 Å². The number of anilines is 2. The Bertz CT molecular complexity index is 1020. The van der Waals surface area contributed by atoms with Crippen LogP contribution in [0.2, 0.25) is 0 Å². The number of benzene rings is 2. The normalized spacial score (nSPS) is 11.1. The van der Waals surface area contributed by atoms with E-state index >= 15 is 0 Å². The largest absolute Gasteiger partial charge is 0.450 e. The van der Waals surface area contributed by atoms with Gasteiger partial charge in [-0.25, -0.2) is 9.78 Å². The van der Waals surface area contributed by atoms with Gasteiger partial charge in [-0.2, -0.15) is 0 Å². The van der Waals surface area contributed by atoms with Gasteiger partial charge in [0, 0.05) is 11.1 Å². The number of aromatic nitrogens is 1. The average molecular weight is 424 g/mol. The molecule has 0 unspecified atom stereocenters. The minimum absolute atomic E-state index is 0.0147. The molecular weight excluding hydrogens is 398 g/mol. The van der Waals surface area contributed by atoms with Gasteiger partial charge in [0.15, 0.2) is 5.13 Å². The first kappa shape index (κ1) is 21.5. The van der Waals surface area contributed by atoms with Crippen LogP contribution in [0.25, 0.3) is 11.3 Å². The van der Waals surface area contributed by atoms with Crippen molar-refractivity contribution in [3.05, 3.63) is 65.7 Å². The van der Waals surface area contributed by atoms with Gasteiger partial charge in [0.2, 0.25) is 0 Å². The molecule has 0 saturated heterocycles. The monoisotopic (exact) mass is 423 g/mol. The van der Waals surface area contributed by atoms with E-state index in [-0.39, 0.29) is 17.9 Å². The highest BCUT2D eigenvalue weighted by atomic mass is 32.1. The summed E-state index contributed by atoms with van der Waals surface area (Å²) < 4.78 is 4.92. The van der Waals surface area contributed by atoms with E-state index in [1.165, 1.54) is 11.3 Å². The number of hydrogen-bond acceptors (Lipinski definition) is 5. The molecular formula is C23H25N3O3S. The standard InChI is InChI=1S/C23H25N3O3S/c1-5-29-22(28)26-21-24-18(15-9-7-6-8-10-15)20(30-21)25-19(27)16-11-13-17(14-12-16)23(2,3)4/h6-14H,5H2,1-4H3,(H,25,27)(H,24,26,28). The fourth-order valence-electron chi connectivity index (χ4n) is 2.80. The number of rotatable bonds is 5. The number of carbonyl (C=O) groups excluding carboxylic acids is 2. The molecule has 3 aromatic rings. The van der Waals surface area contributed by atoms with Gasteiger partial charge in [-0.3, -0.25) is 10.1 Å². The lowest BCUT2D eigenvalue weighted by molar-refractivity contribution is 0.102. The lowest BCUT2D eigenvalue weighted by Crippen LogP contribution is -2.14. The predicted molar refractivity (Wildman–Crippen MR) is 121 cm³/mol. The van der Waals surface area contributed by atoms with Crippen LogP contribution < -0.4 is 10.6 Å². The highest BCUT2D eigenvalue weighted by Gasteiger charge is 2.19. The van der Waals surface area contributed by atoms with Crippen molar-refractivity contribution in [3.8, 4) is 11.3 Å². The highest BCUT2D eigenvalue weighted by Crippen LogP contribution is 2.36. The Morgan fingerprint density at radius 2 is 1.67 bits per heavy atom. The van der Waals surface area contributed by atoms with Crippen LogP contribution in [0.4, 0.5) is 14.9 Å². The van der Waals surface area contributed by atoms with E-state index in [0.29, 0.717) is 21.4 Å². The third-order valence-electron chi connectivity index (χ3n) is 4.40. The molecule has 0 fully saturated rings. The first-order valence-corrected chi connectivity index (χ1v) is 10.5. The van der Waals surface area contributed by atoms with E-state index in [0.717, 1.165) is 11.1 Å². The van der Waals surface area contributed by atoms with Crippen molar-refractivity contribution in [2.24, 2.45) is 0 Å². The van der Waals surface area contributed by atoms with Crippen LogP contribution in [0.5, 0.6) is 0 Å². The number of amides is 2. The molecule has 0 saturated carbocycles. The third-order valence-corrected chi connectivity index (χ3v) is 5.29. The minimum Gasteiger partial charge on any atom is -0.450 e. The minimum atomic E-state index is -0.582. The van der Waals surface area contributed by atoms with E-state index in [9.17, 15) is 9.59 Å². The van der Waals surface area contributed by atoms with Gasteiger partial charge in [-0.1, -0.05) is 74.6 Å². The molecule has 0 bridgehead atoms. The number of nitrogens with zero attached hydrogens (tertiary/aromatic N) is 1. The van der Waals surface area contributed by atoms with Crippen LogP contribution in [0.3, 0.4) is 0 Å². The van der Waals surface area contributed by atoms with E-state index in [1.807, 2.05) is 54.6 Å². The third kappa shape index (κ3) is 5.24. The predicted octanol–water partition coefficient (Wildman–Crippen LogP) is 5.93. The lowest BCUT2D eigenvalue weighted by atomic mass is 9.87. The van der Waals surface area contributed by atoms with Crippen LogP contribution in [-0.2, 0) is 10.2 Å². The highest BCUT2D eigenvalue weighted by molar-refractivity contribution is 7.20. The summed E-state index contributed by atoms with van der Waals surface area (Å²) in [5.41, 5.74) is 3.15. The summed E-state index contributed by atoms with van der Waals surface area (Å²) in [6.07, 6.45) is -0.582. The second kappa shape index (κ2) is 9.09. The zero-order valence-corrected chi connectivity index (χ0v) is 18.3. The van der Waals surface area contributed by atoms with E-state index in [4.69, 9.17) is 4.74 Å². The zero-order valence-electron chi connectivity index (χ0n) is 17.5. The molecule has 0 aliphatic rings. The van der Waals surface area contributed by atoms with Crippen LogP contribution in [0.15, 0.2) is 54.6 Å². The van der Waals surface area contributed by atoms with Gasteiger partial charge >= 0.3 is 6.09 Å². The van der Waals surface area contributed by atoms with Gasteiger partial charge in [0.1, 0.15) is 10.7 Å². The van der Waals surface area contributed by atoms with Crippen molar-refractivity contribution >= 4 is 33.5 Å². The molecule has 1 heterocycles. The van der Waals surface area contributed by atoms with Gasteiger partial charge in [-0.15, -0.1) is 0 Å². The van der Waals surface area contributed by atoms with Crippen LogP contribution in [-0.4, -0.2) is 23.6 Å². The Kier molecular flexibility index (Phi) is 6.52. The molecule has 2 N–H and O–H groups in total. The topological polar surface area (TPSA) is 80.3 Å². The Labute approximate surface area is 180 Å². The SMILES string of the molecule is CCOC(=O)Nc1nc(-c2ccccc2)c(NC(=O)c2ccc(C(C)(C)C)cc2)s1. The second-order valence-corrected chi connectivity index (χ2v) is 8.69. The molecule has 0 radical (unpaired) electrons. The number of thiazole rings is 1. The molecule has 2 aromatic carbocycles. The van der Waals surface area contributed by atoms with Crippen molar-refractivity contribution in [1.82, 2.24) is 4.98 Å². The maximum absolute atomic E-state index is 12.8. The van der Waals surface area contributed by atoms with Crippen LogP contribution in [0.1, 0.15) is 43.6 Å². The second-order valence-electron chi connectivity index (χ2n) is 7.69. The summed E-state index contributed by atoms with van der Waals surface area (Å²) in [4.78, 5) is 29.1. The molecule has 6 nitrogen and oxygen atoms in total. The first-order valence-electron chi connectivity index (χ1n) is 9.70. The van der Waals surface area contributed by atoms with E-state index in [1.54, 1.807) is 6.92 Å². The first-order chi connectivity index (χ1) is 14.3. The average Bonchev–Trinajstić information content (AvgIpc) is 3.10. The van der Waals surface area contributed by atoms with Gasteiger partial charge < -0.3 is 10.1 Å². The zero-order chi connectivity index (χ0) is 21.7. The molecule has 0 aliphatic carbocycles. The fraction of sp³-hybridized carbons (Fsp3) is 0.261. The van der Waals surface area contributed by atoms with Crippen LogP contribution >= 0.6 is 11.3 Å². The Hall–Kier alpha value is -3.19. The maximum atomic E-state index is 12.8. The van der Waals surface area contributed by atoms with Gasteiger partial charge in [0.25, 0.3) is 5.91 Å². The fourth-order valence-corrected chi connectivity index (χ4v) is 3.67.